The molecule has 0 N–H and O–H groups in total. The highest BCUT2D eigenvalue weighted by molar-refractivity contribution is 7.87. The van der Waals surface area contributed by atoms with E-state index < -0.39 is 27.8 Å². The van der Waals surface area contributed by atoms with E-state index in [9.17, 15) is 13.2 Å². The van der Waals surface area contributed by atoms with Gasteiger partial charge in [0.25, 0.3) is 10.1 Å². The van der Waals surface area contributed by atoms with E-state index in [1.54, 1.807) is 20.8 Å². The monoisotopic (exact) mass is 304 g/mol. The largest absolute Gasteiger partial charge is 0.458 e. The van der Waals surface area contributed by atoms with E-state index in [1.165, 1.54) is 0 Å². The van der Waals surface area contributed by atoms with E-state index in [4.69, 9.17) is 13.7 Å². The molecule has 0 aromatic carbocycles. The summed E-state index contributed by atoms with van der Waals surface area (Å²) in [7, 11) is -3.43. The molecule has 1 saturated heterocycles. The molecule has 5 atom stereocenters. The molecule has 7 heteroatoms. The van der Waals surface area contributed by atoms with E-state index in [0.29, 0.717) is 6.42 Å². The van der Waals surface area contributed by atoms with Crippen LogP contribution in [0.25, 0.3) is 0 Å². The highest BCUT2D eigenvalue weighted by Crippen LogP contribution is 2.55. The second kappa shape index (κ2) is 4.42. The zero-order valence-corrected chi connectivity index (χ0v) is 12.7. The molecule has 2 aliphatic carbocycles. The van der Waals surface area contributed by atoms with Crippen LogP contribution in [-0.2, 0) is 28.6 Å². The molecule has 0 spiro atoms. The molecule has 0 aromatic rings. The standard InChI is InChI=1S/C13H20O6S/c1-13(2,3)18-10(14)6-17-11-7-4-8-9(5-7)20(15,16)19-12(8)11/h7-9,11-12H,4-6H2,1-3H3. The Balaban J connectivity index is 1.60. The Morgan fingerprint density at radius 2 is 2.00 bits per heavy atom. The lowest BCUT2D eigenvalue weighted by Gasteiger charge is -2.26. The van der Waals surface area contributed by atoms with Gasteiger partial charge in [0, 0.05) is 5.92 Å². The predicted molar refractivity (Wildman–Crippen MR) is 69.4 cm³/mol. The number of rotatable bonds is 3. The van der Waals surface area contributed by atoms with Gasteiger partial charge in [0.05, 0.1) is 11.4 Å². The third-order valence-corrected chi connectivity index (χ3v) is 6.00. The van der Waals surface area contributed by atoms with Gasteiger partial charge in [0.15, 0.2) is 0 Å². The van der Waals surface area contributed by atoms with Crippen LogP contribution in [0.15, 0.2) is 0 Å². The molecule has 5 unspecified atom stereocenters. The van der Waals surface area contributed by atoms with Crippen molar-refractivity contribution in [2.75, 3.05) is 6.61 Å². The van der Waals surface area contributed by atoms with Gasteiger partial charge in [-0.15, -0.1) is 0 Å². The number of hydrogen-bond donors (Lipinski definition) is 0. The molecule has 6 nitrogen and oxygen atoms in total. The summed E-state index contributed by atoms with van der Waals surface area (Å²) in [6.07, 6.45) is 0.683. The van der Waals surface area contributed by atoms with Crippen molar-refractivity contribution in [2.45, 2.75) is 56.7 Å². The topological polar surface area (TPSA) is 78.9 Å². The summed E-state index contributed by atoms with van der Waals surface area (Å²) in [4.78, 5) is 11.6. The highest BCUT2D eigenvalue weighted by Gasteiger charge is 2.64. The predicted octanol–water partition coefficient (Wildman–Crippen LogP) is 0.850. The maximum absolute atomic E-state index is 11.8. The number of esters is 1. The first-order valence-corrected chi connectivity index (χ1v) is 8.40. The minimum atomic E-state index is -3.43. The molecule has 2 bridgehead atoms. The zero-order chi connectivity index (χ0) is 14.7. The van der Waals surface area contributed by atoms with E-state index in [0.717, 1.165) is 6.42 Å². The van der Waals surface area contributed by atoms with Crippen LogP contribution >= 0.6 is 0 Å². The van der Waals surface area contributed by atoms with Gasteiger partial charge in [0.2, 0.25) is 0 Å². The smallest absolute Gasteiger partial charge is 0.332 e. The normalized spacial score (nSPS) is 41.0. The first-order chi connectivity index (χ1) is 9.17. The van der Waals surface area contributed by atoms with Gasteiger partial charge >= 0.3 is 5.97 Å². The van der Waals surface area contributed by atoms with Crippen molar-refractivity contribution < 1.29 is 26.9 Å². The Kier molecular flexibility index (Phi) is 3.15. The average Bonchev–Trinajstić information content (AvgIpc) is 2.85. The van der Waals surface area contributed by atoms with Crippen molar-refractivity contribution in [3.8, 4) is 0 Å². The van der Waals surface area contributed by atoms with Crippen LogP contribution in [0, 0.1) is 11.8 Å². The number of fused-ring (bicyclic) bond motifs is 1. The summed E-state index contributed by atoms with van der Waals surface area (Å²) in [5.41, 5.74) is -0.548. The SMILES string of the molecule is CC(C)(C)OC(=O)COC1C2CC3C1OS(=O)(=O)C3C2. The third-order valence-electron chi connectivity index (χ3n) is 4.23. The summed E-state index contributed by atoms with van der Waals surface area (Å²) in [5.74, 6) is -0.221. The fourth-order valence-corrected chi connectivity index (χ4v) is 5.53. The maximum Gasteiger partial charge on any atom is 0.332 e. The second-order valence-corrected chi connectivity index (χ2v) is 8.63. The van der Waals surface area contributed by atoms with E-state index in [1.807, 2.05) is 0 Å². The zero-order valence-electron chi connectivity index (χ0n) is 11.9. The number of carbonyl (C=O) groups is 1. The Bertz CT molecular complexity index is 519. The van der Waals surface area contributed by atoms with Crippen LogP contribution in [0.5, 0.6) is 0 Å². The van der Waals surface area contributed by atoms with Crippen molar-refractivity contribution in [3.63, 3.8) is 0 Å². The molecule has 0 amide bonds. The Morgan fingerprint density at radius 3 is 2.65 bits per heavy atom. The summed E-state index contributed by atoms with van der Waals surface area (Å²) in [6.45, 7) is 5.22. The lowest BCUT2D eigenvalue weighted by molar-refractivity contribution is -0.165. The molecule has 0 aromatic heterocycles. The van der Waals surface area contributed by atoms with Crippen LogP contribution < -0.4 is 0 Å². The lowest BCUT2D eigenvalue weighted by atomic mass is 9.94. The first-order valence-electron chi connectivity index (χ1n) is 6.93. The molecule has 20 heavy (non-hydrogen) atoms. The van der Waals surface area contributed by atoms with Crippen LogP contribution in [-0.4, -0.2) is 44.1 Å². The average molecular weight is 304 g/mol. The summed E-state index contributed by atoms with van der Waals surface area (Å²) in [6, 6.07) is 0. The third kappa shape index (κ3) is 2.35. The fraction of sp³-hybridized carbons (Fsp3) is 0.923. The molecule has 3 fully saturated rings. The van der Waals surface area contributed by atoms with Crippen molar-refractivity contribution in [2.24, 2.45) is 11.8 Å². The van der Waals surface area contributed by atoms with Crippen LogP contribution in [0.4, 0.5) is 0 Å². The minimum Gasteiger partial charge on any atom is -0.458 e. The van der Waals surface area contributed by atoms with E-state index in [-0.39, 0.29) is 29.8 Å². The molecule has 1 aliphatic heterocycles. The van der Waals surface area contributed by atoms with Crippen molar-refractivity contribution in [1.82, 2.24) is 0 Å². The number of hydrogen-bond acceptors (Lipinski definition) is 6. The summed E-state index contributed by atoms with van der Waals surface area (Å²) >= 11 is 0. The van der Waals surface area contributed by atoms with Gasteiger partial charge in [-0.2, -0.15) is 8.42 Å². The lowest BCUT2D eigenvalue weighted by Crippen LogP contribution is -2.37. The molecule has 1 heterocycles. The summed E-state index contributed by atoms with van der Waals surface area (Å²) in [5, 5.41) is -0.362. The van der Waals surface area contributed by atoms with E-state index >= 15 is 0 Å². The minimum absolute atomic E-state index is 0.0358. The number of ether oxygens (including phenoxy) is 2. The molecular formula is C13H20O6S. The van der Waals surface area contributed by atoms with Crippen LogP contribution in [0.3, 0.4) is 0 Å². The van der Waals surface area contributed by atoms with Crippen LogP contribution in [0.1, 0.15) is 33.6 Å². The van der Waals surface area contributed by atoms with Gasteiger partial charge in [-0.25, -0.2) is 4.79 Å². The second-order valence-electron chi connectivity index (χ2n) is 6.85. The fourth-order valence-electron chi connectivity index (χ4n) is 3.65. The maximum atomic E-state index is 11.8. The highest BCUT2D eigenvalue weighted by atomic mass is 32.2. The van der Waals surface area contributed by atoms with E-state index in [2.05, 4.69) is 0 Å². The van der Waals surface area contributed by atoms with Crippen LogP contribution in [0.2, 0.25) is 0 Å². The van der Waals surface area contributed by atoms with Gasteiger partial charge in [-0.05, 0) is 39.5 Å². The van der Waals surface area contributed by atoms with Gasteiger partial charge in [-0.1, -0.05) is 0 Å². The molecule has 114 valence electrons. The molecule has 3 aliphatic rings. The van der Waals surface area contributed by atoms with Crippen molar-refractivity contribution >= 4 is 16.1 Å². The molecule has 0 radical (unpaired) electrons. The first kappa shape index (κ1) is 14.3. The molecule has 3 rings (SSSR count). The Morgan fingerprint density at radius 1 is 1.30 bits per heavy atom. The van der Waals surface area contributed by atoms with Gasteiger partial charge < -0.3 is 9.47 Å². The van der Waals surface area contributed by atoms with Gasteiger partial charge in [0.1, 0.15) is 18.3 Å². The summed E-state index contributed by atoms with van der Waals surface area (Å²) < 4.78 is 39.5. The van der Waals surface area contributed by atoms with Crippen molar-refractivity contribution in [3.05, 3.63) is 0 Å². The van der Waals surface area contributed by atoms with Gasteiger partial charge in [-0.3, -0.25) is 4.18 Å². The number of carbonyl (C=O) groups excluding carboxylic acids is 1. The molecule has 2 saturated carbocycles. The molecular weight excluding hydrogens is 284 g/mol. The Labute approximate surface area is 118 Å². The quantitative estimate of drug-likeness (QED) is 0.568. The Hall–Kier alpha value is -0.660. The van der Waals surface area contributed by atoms with Crippen molar-refractivity contribution in [1.29, 1.82) is 0 Å².